The van der Waals surface area contributed by atoms with Crippen molar-refractivity contribution in [1.29, 1.82) is 0 Å². The highest BCUT2D eigenvalue weighted by molar-refractivity contribution is 5.91. The molecule has 0 unspecified atom stereocenters. The molecule has 0 saturated carbocycles. The molecule has 3 aromatic rings. The van der Waals surface area contributed by atoms with Crippen LogP contribution < -0.4 is 10.1 Å². The summed E-state index contributed by atoms with van der Waals surface area (Å²) in [7, 11) is 1.61. The summed E-state index contributed by atoms with van der Waals surface area (Å²) in [6.45, 7) is 3.51. The van der Waals surface area contributed by atoms with Crippen LogP contribution in [0.5, 0.6) is 5.75 Å². The Morgan fingerprint density at radius 3 is 2.56 bits per heavy atom. The fraction of sp³-hybridized carbons (Fsp3) is 0.294. The van der Waals surface area contributed by atoms with Crippen LogP contribution in [0.1, 0.15) is 23.8 Å². The van der Waals surface area contributed by atoms with Crippen molar-refractivity contribution in [2.45, 2.75) is 26.7 Å². The lowest BCUT2D eigenvalue weighted by Crippen LogP contribution is -2.13. The van der Waals surface area contributed by atoms with Crippen LogP contribution in [0.2, 0.25) is 0 Å². The third-order valence-corrected chi connectivity index (χ3v) is 3.68. The number of nitrogens with one attached hydrogen (secondary N) is 1. The first-order chi connectivity index (χ1) is 12.1. The molecule has 0 bridgehead atoms. The average Bonchev–Trinajstić information content (AvgIpc) is 3.22. The molecule has 1 N–H and O–H groups in total. The average molecular weight is 342 g/mol. The van der Waals surface area contributed by atoms with Crippen molar-refractivity contribution in [2.75, 3.05) is 12.4 Å². The van der Waals surface area contributed by atoms with Gasteiger partial charge in [-0.3, -0.25) is 4.79 Å². The number of nitrogens with zero attached hydrogens (tertiary/aromatic N) is 3. The van der Waals surface area contributed by atoms with E-state index in [1.807, 2.05) is 24.3 Å². The van der Waals surface area contributed by atoms with E-state index >= 15 is 0 Å². The number of aryl methyl sites for hydroxylation is 3. The van der Waals surface area contributed by atoms with Crippen LogP contribution in [0.3, 0.4) is 0 Å². The van der Waals surface area contributed by atoms with E-state index in [1.165, 1.54) is 0 Å². The molecule has 0 aliphatic heterocycles. The van der Waals surface area contributed by atoms with E-state index in [1.54, 1.807) is 21.0 Å². The van der Waals surface area contributed by atoms with Gasteiger partial charge in [-0.25, -0.2) is 0 Å². The van der Waals surface area contributed by atoms with E-state index in [0.29, 0.717) is 35.3 Å². The third kappa shape index (κ3) is 3.85. The van der Waals surface area contributed by atoms with Gasteiger partial charge in [0.05, 0.1) is 7.11 Å². The van der Waals surface area contributed by atoms with Gasteiger partial charge >= 0.3 is 0 Å². The molecule has 0 spiro atoms. The summed E-state index contributed by atoms with van der Waals surface area (Å²) in [5.41, 5.74) is 2.07. The van der Waals surface area contributed by atoms with Crippen molar-refractivity contribution in [3.8, 4) is 17.1 Å². The smallest absolute Gasteiger partial charge is 0.227 e. The molecule has 0 aliphatic rings. The van der Waals surface area contributed by atoms with E-state index in [-0.39, 0.29) is 12.3 Å². The van der Waals surface area contributed by atoms with Gasteiger partial charge in [0.1, 0.15) is 17.1 Å². The lowest BCUT2D eigenvalue weighted by molar-refractivity contribution is -0.116. The molecule has 1 aromatic carbocycles. The monoisotopic (exact) mass is 342 g/mol. The van der Waals surface area contributed by atoms with Crippen molar-refractivity contribution in [3.05, 3.63) is 41.6 Å². The highest BCUT2D eigenvalue weighted by Crippen LogP contribution is 2.21. The largest absolute Gasteiger partial charge is 0.497 e. The Balaban J connectivity index is 1.58. The van der Waals surface area contributed by atoms with Gasteiger partial charge in [-0.05, 0) is 38.1 Å². The molecule has 2 aromatic heterocycles. The Hall–Kier alpha value is -3.16. The van der Waals surface area contributed by atoms with Crippen molar-refractivity contribution in [1.82, 2.24) is 15.3 Å². The lowest BCUT2D eigenvalue weighted by Gasteiger charge is -2.02. The summed E-state index contributed by atoms with van der Waals surface area (Å²) in [6, 6.07) is 7.33. The number of carbonyl (C=O) groups is 1. The molecule has 0 aliphatic carbocycles. The fourth-order valence-corrected chi connectivity index (χ4v) is 2.30. The van der Waals surface area contributed by atoms with Crippen molar-refractivity contribution >= 4 is 11.6 Å². The number of hydrogen-bond acceptors (Lipinski definition) is 7. The predicted octanol–water partition coefficient (Wildman–Crippen LogP) is 2.92. The fourth-order valence-electron chi connectivity index (χ4n) is 2.30. The second-order valence-electron chi connectivity index (χ2n) is 5.49. The summed E-state index contributed by atoms with van der Waals surface area (Å²) in [5, 5.41) is 10.5. The number of rotatable bonds is 6. The quantitative estimate of drug-likeness (QED) is 0.734. The highest BCUT2D eigenvalue weighted by atomic mass is 16.5. The number of ether oxygens (including phenoxy) is 1. The number of carbonyl (C=O) groups excluding carboxylic acids is 1. The van der Waals surface area contributed by atoms with Crippen molar-refractivity contribution in [2.24, 2.45) is 0 Å². The van der Waals surface area contributed by atoms with Crippen LogP contribution >= 0.6 is 0 Å². The second kappa shape index (κ2) is 7.16. The van der Waals surface area contributed by atoms with E-state index in [2.05, 4.69) is 20.6 Å². The van der Waals surface area contributed by atoms with Crippen LogP contribution in [0.25, 0.3) is 11.4 Å². The Labute approximate surface area is 144 Å². The number of hydrogen-bond donors (Lipinski definition) is 1. The van der Waals surface area contributed by atoms with Gasteiger partial charge in [0.25, 0.3) is 0 Å². The van der Waals surface area contributed by atoms with Gasteiger partial charge in [-0.15, -0.1) is 0 Å². The first kappa shape index (κ1) is 16.7. The molecule has 0 saturated heterocycles. The van der Waals surface area contributed by atoms with Gasteiger partial charge < -0.3 is 19.1 Å². The zero-order valence-corrected chi connectivity index (χ0v) is 14.2. The number of aromatic nitrogens is 3. The SMILES string of the molecule is COc1ccc(-c2noc(CCC(=O)Nc3c(C)noc3C)n2)cc1. The Morgan fingerprint density at radius 1 is 1.16 bits per heavy atom. The zero-order chi connectivity index (χ0) is 17.8. The number of amides is 1. The standard InChI is InChI=1S/C17H18N4O4/c1-10-16(11(2)24-20-10)18-14(22)8-9-15-19-17(21-25-15)12-4-6-13(23-3)7-5-12/h4-7H,8-9H2,1-3H3,(H,18,22). The molecule has 0 fully saturated rings. The van der Waals surface area contributed by atoms with Gasteiger partial charge in [-0.2, -0.15) is 4.98 Å². The summed E-state index contributed by atoms with van der Waals surface area (Å²) >= 11 is 0. The second-order valence-corrected chi connectivity index (χ2v) is 5.49. The molecule has 0 radical (unpaired) electrons. The molecule has 130 valence electrons. The topological polar surface area (TPSA) is 103 Å². The van der Waals surface area contributed by atoms with Crippen LogP contribution in [0, 0.1) is 13.8 Å². The van der Waals surface area contributed by atoms with Gasteiger partial charge in [0, 0.05) is 18.4 Å². The number of methoxy groups -OCH3 is 1. The lowest BCUT2D eigenvalue weighted by atomic mass is 10.2. The maximum Gasteiger partial charge on any atom is 0.227 e. The van der Waals surface area contributed by atoms with E-state index in [0.717, 1.165) is 11.3 Å². The molecule has 2 heterocycles. The van der Waals surface area contributed by atoms with Gasteiger partial charge in [0.15, 0.2) is 5.76 Å². The first-order valence-electron chi connectivity index (χ1n) is 7.76. The van der Waals surface area contributed by atoms with Crippen LogP contribution in [0.15, 0.2) is 33.3 Å². The molecular formula is C17H18N4O4. The maximum atomic E-state index is 12.1. The number of anilines is 1. The van der Waals surface area contributed by atoms with Gasteiger partial charge in [-0.1, -0.05) is 10.3 Å². The molecular weight excluding hydrogens is 324 g/mol. The minimum absolute atomic E-state index is 0.168. The molecule has 0 atom stereocenters. The van der Waals surface area contributed by atoms with Crippen LogP contribution in [-0.4, -0.2) is 28.3 Å². The Bertz CT molecular complexity index is 848. The van der Waals surface area contributed by atoms with Crippen LogP contribution in [0.4, 0.5) is 5.69 Å². The summed E-state index contributed by atoms with van der Waals surface area (Å²) in [6.07, 6.45) is 0.562. The van der Waals surface area contributed by atoms with Crippen molar-refractivity contribution in [3.63, 3.8) is 0 Å². The van der Waals surface area contributed by atoms with E-state index < -0.39 is 0 Å². The summed E-state index contributed by atoms with van der Waals surface area (Å²) in [5.74, 6) is 2.04. The normalized spacial score (nSPS) is 10.7. The molecule has 3 rings (SSSR count). The van der Waals surface area contributed by atoms with Crippen LogP contribution in [-0.2, 0) is 11.2 Å². The number of benzene rings is 1. The Morgan fingerprint density at radius 2 is 1.92 bits per heavy atom. The summed E-state index contributed by atoms with van der Waals surface area (Å²) in [4.78, 5) is 16.4. The molecule has 25 heavy (non-hydrogen) atoms. The minimum atomic E-state index is -0.168. The third-order valence-electron chi connectivity index (χ3n) is 3.68. The molecule has 8 heteroatoms. The van der Waals surface area contributed by atoms with E-state index in [4.69, 9.17) is 13.8 Å². The predicted molar refractivity (Wildman–Crippen MR) is 89.2 cm³/mol. The van der Waals surface area contributed by atoms with E-state index in [9.17, 15) is 4.79 Å². The molecule has 1 amide bonds. The highest BCUT2D eigenvalue weighted by Gasteiger charge is 2.14. The Kier molecular flexibility index (Phi) is 4.78. The van der Waals surface area contributed by atoms with Gasteiger partial charge in [0.2, 0.25) is 17.6 Å². The first-order valence-corrected chi connectivity index (χ1v) is 7.76. The van der Waals surface area contributed by atoms with Crippen molar-refractivity contribution < 1.29 is 18.6 Å². The zero-order valence-electron chi connectivity index (χ0n) is 14.2. The maximum absolute atomic E-state index is 12.1. The minimum Gasteiger partial charge on any atom is -0.497 e. The summed E-state index contributed by atoms with van der Waals surface area (Å²) < 4.78 is 15.3. The molecule has 8 nitrogen and oxygen atoms in total.